The van der Waals surface area contributed by atoms with Gasteiger partial charge in [-0.2, -0.15) is 5.10 Å². The molecule has 1 amide bonds. The lowest BCUT2D eigenvalue weighted by Crippen LogP contribution is -2.24. The van der Waals surface area contributed by atoms with Gasteiger partial charge in [-0.05, 0) is 0 Å². The largest absolute Gasteiger partial charge is 0.353 e. The van der Waals surface area contributed by atoms with Gasteiger partial charge in [-0.25, -0.2) is 0 Å². The Morgan fingerprint density at radius 2 is 2.57 bits per heavy atom. The Labute approximate surface area is 87.6 Å². The van der Waals surface area contributed by atoms with Crippen molar-refractivity contribution in [3.05, 3.63) is 30.1 Å². The summed E-state index contributed by atoms with van der Waals surface area (Å²) in [5.41, 5.74) is 0. The van der Waals surface area contributed by atoms with Gasteiger partial charge in [-0.15, -0.1) is 6.58 Å². The molecule has 0 unspecified atom stereocenters. The van der Waals surface area contributed by atoms with Crippen molar-refractivity contribution in [1.29, 1.82) is 0 Å². The Hall–Kier alpha value is -1.29. The van der Waals surface area contributed by atoms with Crippen molar-refractivity contribution in [2.24, 2.45) is 0 Å². The second-order valence-corrected chi connectivity index (χ2v) is 3.20. The molecule has 0 saturated heterocycles. The van der Waals surface area contributed by atoms with Crippen LogP contribution in [0.4, 0.5) is 0 Å². The minimum Gasteiger partial charge on any atom is -0.353 e. The summed E-state index contributed by atoms with van der Waals surface area (Å²) in [6, 6.07) is 0. The van der Waals surface area contributed by atoms with E-state index in [0.29, 0.717) is 24.5 Å². The fraction of sp³-hybridized carbons (Fsp3) is 0.333. The van der Waals surface area contributed by atoms with Crippen molar-refractivity contribution in [3.63, 3.8) is 0 Å². The molecule has 1 aromatic rings. The van der Waals surface area contributed by atoms with Crippen LogP contribution >= 0.6 is 11.6 Å². The summed E-state index contributed by atoms with van der Waals surface area (Å²) in [6.45, 7) is 4.54. The highest BCUT2D eigenvalue weighted by atomic mass is 35.5. The van der Waals surface area contributed by atoms with Crippen LogP contribution in [0.1, 0.15) is 6.42 Å². The van der Waals surface area contributed by atoms with E-state index in [4.69, 9.17) is 11.6 Å². The molecule has 0 saturated carbocycles. The quantitative estimate of drug-likeness (QED) is 0.748. The van der Waals surface area contributed by atoms with Crippen LogP contribution in [0.25, 0.3) is 0 Å². The first-order chi connectivity index (χ1) is 6.72. The molecule has 0 spiro atoms. The van der Waals surface area contributed by atoms with E-state index in [1.165, 1.54) is 0 Å². The van der Waals surface area contributed by atoms with Crippen LogP contribution < -0.4 is 5.32 Å². The van der Waals surface area contributed by atoms with E-state index in [9.17, 15) is 4.79 Å². The Morgan fingerprint density at radius 1 is 1.79 bits per heavy atom. The molecular weight excluding hydrogens is 202 g/mol. The molecule has 0 aliphatic rings. The molecule has 0 aliphatic carbocycles. The van der Waals surface area contributed by atoms with Gasteiger partial charge < -0.3 is 5.32 Å². The molecule has 0 aliphatic heterocycles. The van der Waals surface area contributed by atoms with Crippen molar-refractivity contribution < 1.29 is 4.79 Å². The molecule has 1 N–H and O–H groups in total. The standard InChI is InChI=1S/C9H12ClN3O/c1-2-4-11-9(14)3-5-13-7-8(10)6-12-13/h2,6-7H,1,3-5H2,(H,11,14). The first-order valence-corrected chi connectivity index (χ1v) is 4.65. The van der Waals surface area contributed by atoms with E-state index in [0.717, 1.165) is 0 Å². The van der Waals surface area contributed by atoms with Crippen molar-refractivity contribution >= 4 is 17.5 Å². The molecule has 76 valence electrons. The van der Waals surface area contributed by atoms with Gasteiger partial charge in [-0.3, -0.25) is 9.48 Å². The molecule has 1 rings (SSSR count). The normalized spacial score (nSPS) is 9.79. The van der Waals surface area contributed by atoms with E-state index >= 15 is 0 Å². The smallest absolute Gasteiger partial charge is 0.222 e. The third-order valence-corrected chi connectivity index (χ3v) is 1.81. The highest BCUT2D eigenvalue weighted by Crippen LogP contribution is 2.04. The van der Waals surface area contributed by atoms with Crippen LogP contribution in [-0.2, 0) is 11.3 Å². The average molecular weight is 214 g/mol. The predicted octanol–water partition coefficient (Wildman–Crippen LogP) is 1.23. The minimum atomic E-state index is -0.0171. The summed E-state index contributed by atoms with van der Waals surface area (Å²) < 4.78 is 1.63. The number of aryl methyl sites for hydroxylation is 1. The highest BCUT2D eigenvalue weighted by Gasteiger charge is 2.01. The van der Waals surface area contributed by atoms with E-state index in [1.54, 1.807) is 23.2 Å². The topological polar surface area (TPSA) is 46.9 Å². The molecule has 5 heteroatoms. The van der Waals surface area contributed by atoms with Crippen molar-refractivity contribution in [2.45, 2.75) is 13.0 Å². The summed E-state index contributed by atoms with van der Waals surface area (Å²) in [5.74, 6) is -0.0171. The third kappa shape index (κ3) is 3.62. The van der Waals surface area contributed by atoms with Crippen LogP contribution in [0.15, 0.2) is 25.0 Å². The molecule has 0 bridgehead atoms. The Balaban J connectivity index is 2.26. The van der Waals surface area contributed by atoms with Gasteiger partial charge in [0.25, 0.3) is 0 Å². The summed E-state index contributed by atoms with van der Waals surface area (Å²) >= 11 is 5.66. The van der Waals surface area contributed by atoms with E-state index in [-0.39, 0.29) is 5.91 Å². The fourth-order valence-corrected chi connectivity index (χ4v) is 1.11. The molecule has 0 atom stereocenters. The molecule has 1 heterocycles. The molecule has 4 nitrogen and oxygen atoms in total. The molecule has 0 fully saturated rings. The zero-order chi connectivity index (χ0) is 10.4. The van der Waals surface area contributed by atoms with Gasteiger partial charge in [0.15, 0.2) is 0 Å². The lowest BCUT2D eigenvalue weighted by Gasteiger charge is -2.01. The average Bonchev–Trinajstić information content (AvgIpc) is 2.58. The van der Waals surface area contributed by atoms with E-state index in [2.05, 4.69) is 17.0 Å². The van der Waals surface area contributed by atoms with Gasteiger partial charge >= 0.3 is 0 Å². The van der Waals surface area contributed by atoms with Gasteiger partial charge in [0.2, 0.25) is 5.91 Å². The minimum absolute atomic E-state index is 0.0171. The lowest BCUT2D eigenvalue weighted by atomic mass is 10.4. The van der Waals surface area contributed by atoms with Gasteiger partial charge in [0.1, 0.15) is 0 Å². The number of aromatic nitrogens is 2. The lowest BCUT2D eigenvalue weighted by molar-refractivity contribution is -0.121. The predicted molar refractivity (Wildman–Crippen MR) is 55.1 cm³/mol. The maximum Gasteiger partial charge on any atom is 0.222 e. The van der Waals surface area contributed by atoms with Crippen LogP contribution in [0.3, 0.4) is 0 Å². The van der Waals surface area contributed by atoms with Crippen LogP contribution in [0.2, 0.25) is 5.02 Å². The van der Waals surface area contributed by atoms with E-state index in [1.807, 2.05) is 0 Å². The Kier molecular flexibility index (Phi) is 4.19. The van der Waals surface area contributed by atoms with Crippen LogP contribution in [-0.4, -0.2) is 22.2 Å². The molecule has 1 aromatic heterocycles. The maximum atomic E-state index is 11.1. The molecule has 14 heavy (non-hydrogen) atoms. The SMILES string of the molecule is C=CCNC(=O)CCn1cc(Cl)cn1. The van der Waals surface area contributed by atoms with Gasteiger partial charge in [0.05, 0.1) is 11.2 Å². The Bertz CT molecular complexity index is 322. The number of hydrogen-bond donors (Lipinski definition) is 1. The van der Waals surface area contributed by atoms with Crippen molar-refractivity contribution in [3.8, 4) is 0 Å². The fourth-order valence-electron chi connectivity index (χ4n) is 0.951. The number of carbonyl (C=O) groups excluding carboxylic acids is 1. The monoisotopic (exact) mass is 213 g/mol. The number of nitrogens with zero attached hydrogens (tertiary/aromatic N) is 2. The second-order valence-electron chi connectivity index (χ2n) is 2.76. The van der Waals surface area contributed by atoms with Crippen molar-refractivity contribution in [2.75, 3.05) is 6.54 Å². The van der Waals surface area contributed by atoms with E-state index < -0.39 is 0 Å². The summed E-state index contributed by atoms with van der Waals surface area (Å²) in [4.78, 5) is 11.1. The van der Waals surface area contributed by atoms with Crippen LogP contribution in [0, 0.1) is 0 Å². The number of rotatable bonds is 5. The highest BCUT2D eigenvalue weighted by molar-refractivity contribution is 6.30. The first-order valence-electron chi connectivity index (χ1n) is 4.28. The van der Waals surface area contributed by atoms with Crippen molar-refractivity contribution in [1.82, 2.24) is 15.1 Å². The van der Waals surface area contributed by atoms with Crippen LogP contribution in [0.5, 0.6) is 0 Å². The molecule has 0 radical (unpaired) electrons. The number of halogens is 1. The number of hydrogen-bond acceptors (Lipinski definition) is 2. The summed E-state index contributed by atoms with van der Waals surface area (Å²) in [7, 11) is 0. The third-order valence-electron chi connectivity index (χ3n) is 1.61. The second kappa shape index (κ2) is 5.44. The number of nitrogens with one attached hydrogen (secondary N) is 1. The number of amides is 1. The molecule has 0 aromatic carbocycles. The summed E-state index contributed by atoms with van der Waals surface area (Å²) in [6.07, 6.45) is 5.26. The first kappa shape index (κ1) is 10.8. The zero-order valence-electron chi connectivity index (χ0n) is 7.74. The number of carbonyl (C=O) groups is 1. The van der Waals surface area contributed by atoms with Gasteiger partial charge in [0, 0.05) is 25.7 Å². The molecular formula is C9H12ClN3O. The zero-order valence-corrected chi connectivity index (χ0v) is 8.50. The summed E-state index contributed by atoms with van der Waals surface area (Å²) in [5, 5.41) is 7.21. The maximum absolute atomic E-state index is 11.1. The van der Waals surface area contributed by atoms with Gasteiger partial charge in [-0.1, -0.05) is 17.7 Å². The Morgan fingerprint density at radius 3 is 3.14 bits per heavy atom.